The molecule has 0 bridgehead atoms. The summed E-state index contributed by atoms with van der Waals surface area (Å²) in [5.41, 5.74) is 0.128. The molecule has 1 saturated heterocycles. The quantitative estimate of drug-likeness (QED) is 0.749. The van der Waals surface area contributed by atoms with Crippen molar-refractivity contribution in [3.63, 3.8) is 0 Å². The van der Waals surface area contributed by atoms with Crippen LogP contribution in [0.2, 0.25) is 0 Å². The first-order valence-electron chi connectivity index (χ1n) is 10.8. The Labute approximate surface area is 184 Å². The smallest absolute Gasteiger partial charge is 0.341 e. The van der Waals surface area contributed by atoms with E-state index in [-0.39, 0.29) is 49.0 Å². The molecule has 32 heavy (non-hydrogen) atoms. The van der Waals surface area contributed by atoms with Gasteiger partial charge in [0.25, 0.3) is 5.56 Å². The number of carbonyl (C=O) groups is 2. The van der Waals surface area contributed by atoms with E-state index in [0.29, 0.717) is 5.56 Å². The monoisotopic (exact) mass is 443 g/mol. The molecule has 0 aliphatic carbocycles. The Hall–Kier alpha value is -3.20. The van der Waals surface area contributed by atoms with Crippen molar-refractivity contribution in [3.05, 3.63) is 63.3 Å². The highest BCUT2D eigenvalue weighted by molar-refractivity contribution is 5.92. The van der Waals surface area contributed by atoms with E-state index >= 15 is 0 Å². The number of halogens is 1. The number of hydrogen-bond acceptors (Lipinski definition) is 5. The third-order valence-electron chi connectivity index (χ3n) is 6.31. The van der Waals surface area contributed by atoms with Crippen LogP contribution in [0.4, 0.5) is 4.39 Å². The third kappa shape index (κ3) is 4.25. The number of fused-ring (bicyclic) bond motifs is 1. The summed E-state index contributed by atoms with van der Waals surface area (Å²) >= 11 is 0. The number of aromatic nitrogens is 1. The van der Waals surface area contributed by atoms with Gasteiger partial charge in [0, 0.05) is 37.8 Å². The van der Waals surface area contributed by atoms with Gasteiger partial charge in [0.05, 0.1) is 0 Å². The van der Waals surface area contributed by atoms with Gasteiger partial charge in [0.1, 0.15) is 23.2 Å². The highest BCUT2D eigenvalue weighted by Gasteiger charge is 2.34. The molecule has 1 amide bonds. The summed E-state index contributed by atoms with van der Waals surface area (Å²) in [6.07, 6.45) is 3.19. The van der Waals surface area contributed by atoms with Gasteiger partial charge >= 0.3 is 5.97 Å². The van der Waals surface area contributed by atoms with Crippen LogP contribution in [0.25, 0.3) is 0 Å². The zero-order valence-electron chi connectivity index (χ0n) is 17.7. The predicted molar refractivity (Wildman–Crippen MR) is 114 cm³/mol. The van der Waals surface area contributed by atoms with E-state index in [4.69, 9.17) is 0 Å². The number of rotatable bonds is 4. The highest BCUT2D eigenvalue weighted by atomic mass is 19.1. The lowest BCUT2D eigenvalue weighted by Crippen LogP contribution is -2.46. The fourth-order valence-electron chi connectivity index (χ4n) is 4.72. The Morgan fingerprint density at radius 2 is 1.66 bits per heavy atom. The van der Waals surface area contributed by atoms with Crippen molar-refractivity contribution in [1.29, 1.82) is 0 Å². The maximum Gasteiger partial charge on any atom is 0.341 e. The molecule has 1 fully saturated rings. The summed E-state index contributed by atoms with van der Waals surface area (Å²) in [4.78, 5) is 41.5. The van der Waals surface area contributed by atoms with Gasteiger partial charge in [-0.3, -0.25) is 14.5 Å². The summed E-state index contributed by atoms with van der Waals surface area (Å²) < 4.78 is 14.8. The molecule has 0 radical (unpaired) electrons. The topological polar surface area (TPSA) is 103 Å². The first-order valence-corrected chi connectivity index (χ1v) is 10.8. The van der Waals surface area contributed by atoms with Crippen LogP contribution in [0.1, 0.15) is 46.9 Å². The van der Waals surface area contributed by atoms with Crippen molar-refractivity contribution in [1.82, 2.24) is 14.4 Å². The van der Waals surface area contributed by atoms with E-state index in [1.165, 1.54) is 16.7 Å². The average molecular weight is 443 g/mol. The Bertz CT molecular complexity index is 1080. The Morgan fingerprint density at radius 1 is 0.969 bits per heavy atom. The molecule has 170 valence electrons. The van der Waals surface area contributed by atoms with E-state index < -0.39 is 23.3 Å². The van der Waals surface area contributed by atoms with E-state index in [2.05, 4.69) is 4.90 Å². The summed E-state index contributed by atoms with van der Waals surface area (Å²) in [7, 11) is 0. The van der Waals surface area contributed by atoms with Gasteiger partial charge in [0.2, 0.25) is 5.91 Å². The van der Waals surface area contributed by atoms with Crippen LogP contribution < -0.4 is 5.56 Å². The van der Waals surface area contributed by atoms with E-state index in [1.54, 1.807) is 17.0 Å². The number of benzene rings is 1. The Morgan fingerprint density at radius 3 is 2.31 bits per heavy atom. The number of carboxylic acid groups (broad SMARTS) is 1. The van der Waals surface area contributed by atoms with Crippen molar-refractivity contribution >= 4 is 11.9 Å². The molecule has 0 spiro atoms. The molecular weight excluding hydrogens is 417 g/mol. The fourth-order valence-corrected chi connectivity index (χ4v) is 4.72. The minimum atomic E-state index is -1.32. The lowest BCUT2D eigenvalue weighted by molar-refractivity contribution is -0.137. The second-order valence-corrected chi connectivity index (χ2v) is 8.27. The van der Waals surface area contributed by atoms with E-state index in [9.17, 15) is 29.0 Å². The van der Waals surface area contributed by atoms with Crippen molar-refractivity contribution < 1.29 is 24.2 Å². The number of aromatic hydroxyl groups is 1. The van der Waals surface area contributed by atoms with Crippen molar-refractivity contribution in [3.8, 4) is 5.75 Å². The zero-order chi connectivity index (χ0) is 22.8. The standard InChI is InChI=1S/C23H26FN3O5/c24-16-6-4-15(5-7-16)21(25-9-2-1-3-10-25)22(30)26-11-8-17-20(23(31)32)18(28)14-19(29)27(17)13-12-26/h4-7,14,21,28H,1-3,8-13H2,(H,31,32). The molecule has 9 heteroatoms. The summed E-state index contributed by atoms with van der Waals surface area (Å²) in [6.45, 7) is 2.11. The van der Waals surface area contributed by atoms with Gasteiger partial charge in [-0.25, -0.2) is 9.18 Å². The molecular formula is C23H26FN3O5. The van der Waals surface area contributed by atoms with Gasteiger partial charge in [-0.2, -0.15) is 0 Å². The SMILES string of the molecule is O=C(O)c1c(O)cc(=O)n2c1CCN(C(=O)C(c1ccc(F)cc1)N1CCCCC1)CC2. The van der Waals surface area contributed by atoms with E-state index in [1.807, 2.05) is 0 Å². The van der Waals surface area contributed by atoms with Crippen LogP contribution in [-0.4, -0.2) is 62.6 Å². The molecule has 3 heterocycles. The fraction of sp³-hybridized carbons (Fsp3) is 0.435. The second kappa shape index (κ2) is 9.12. The molecule has 2 N–H and O–H groups in total. The van der Waals surface area contributed by atoms with Crippen molar-refractivity contribution in [2.75, 3.05) is 26.2 Å². The zero-order valence-corrected chi connectivity index (χ0v) is 17.7. The lowest BCUT2D eigenvalue weighted by atomic mass is 10.00. The molecule has 2 aromatic rings. The van der Waals surface area contributed by atoms with E-state index in [0.717, 1.165) is 38.4 Å². The van der Waals surface area contributed by atoms with Crippen molar-refractivity contribution in [2.24, 2.45) is 0 Å². The minimum Gasteiger partial charge on any atom is -0.507 e. The number of piperidine rings is 1. The Balaban J connectivity index is 1.64. The molecule has 2 aliphatic heterocycles. The average Bonchev–Trinajstić information content (AvgIpc) is 2.99. The van der Waals surface area contributed by atoms with Crippen molar-refractivity contribution in [2.45, 2.75) is 38.3 Å². The minimum absolute atomic E-state index is 0.132. The predicted octanol–water partition coefficient (Wildman–Crippen LogP) is 2.00. The summed E-state index contributed by atoms with van der Waals surface area (Å²) in [5.74, 6) is -2.40. The number of carboxylic acids is 1. The maximum absolute atomic E-state index is 13.7. The first kappa shape index (κ1) is 22.0. The lowest BCUT2D eigenvalue weighted by Gasteiger charge is -2.36. The van der Waals surface area contributed by atoms with Crippen LogP contribution in [-0.2, 0) is 17.8 Å². The van der Waals surface area contributed by atoms with Gasteiger partial charge in [0.15, 0.2) is 0 Å². The van der Waals surface area contributed by atoms with Crippen LogP contribution in [0.5, 0.6) is 5.75 Å². The summed E-state index contributed by atoms with van der Waals surface area (Å²) in [5, 5.41) is 19.5. The first-order chi connectivity index (χ1) is 15.4. The molecule has 1 atom stereocenters. The molecule has 0 saturated carbocycles. The van der Waals surface area contributed by atoms with Crippen LogP contribution in [0.3, 0.4) is 0 Å². The number of pyridine rings is 1. The highest BCUT2D eigenvalue weighted by Crippen LogP contribution is 2.28. The number of likely N-dealkylation sites (tertiary alicyclic amines) is 1. The molecule has 8 nitrogen and oxygen atoms in total. The third-order valence-corrected chi connectivity index (χ3v) is 6.31. The van der Waals surface area contributed by atoms with Gasteiger partial charge in [-0.15, -0.1) is 0 Å². The van der Waals surface area contributed by atoms with Gasteiger partial charge < -0.3 is 19.7 Å². The van der Waals surface area contributed by atoms with Gasteiger partial charge in [-0.1, -0.05) is 18.6 Å². The number of aromatic carboxylic acids is 1. The number of hydrogen-bond donors (Lipinski definition) is 2. The second-order valence-electron chi connectivity index (χ2n) is 8.27. The maximum atomic E-state index is 13.7. The number of carbonyl (C=O) groups excluding carboxylic acids is 1. The largest absolute Gasteiger partial charge is 0.507 e. The summed E-state index contributed by atoms with van der Waals surface area (Å²) in [6, 6.07) is 6.29. The molecule has 1 aromatic carbocycles. The normalized spacial score (nSPS) is 18.0. The Kier molecular flexibility index (Phi) is 6.27. The number of amides is 1. The van der Waals surface area contributed by atoms with Gasteiger partial charge in [-0.05, 0) is 43.6 Å². The number of nitrogens with zero attached hydrogens (tertiary/aromatic N) is 3. The molecule has 1 aromatic heterocycles. The van der Waals surface area contributed by atoms with Crippen LogP contribution in [0.15, 0.2) is 35.1 Å². The molecule has 1 unspecified atom stereocenters. The molecule has 4 rings (SSSR count). The van der Waals surface area contributed by atoms with Crippen LogP contribution >= 0.6 is 0 Å². The van der Waals surface area contributed by atoms with Crippen LogP contribution in [0, 0.1) is 5.82 Å². The molecule has 2 aliphatic rings.